The molecule has 1 heterocycles. The van der Waals surface area contributed by atoms with Crippen LogP contribution < -0.4 is 4.72 Å². The molecule has 0 bridgehead atoms. The average molecular weight is 250 g/mol. The number of rotatable bonds is 6. The molecule has 5 nitrogen and oxygen atoms in total. The van der Waals surface area contributed by atoms with Crippen LogP contribution in [0.4, 0.5) is 0 Å². The molecule has 96 valence electrons. The van der Waals surface area contributed by atoms with E-state index in [1.165, 1.54) is 4.31 Å². The standard InChI is InChI=1S/C10H22N2O3S/c1-3-10(13,4-2)9-11-16(14,15)12-7-5-6-8-12/h11,13H,3-9H2,1-2H3. The second-order valence-corrected chi connectivity index (χ2v) is 6.12. The molecule has 0 saturated carbocycles. The minimum absolute atomic E-state index is 0.0961. The molecule has 1 saturated heterocycles. The zero-order chi connectivity index (χ0) is 12.2. The Morgan fingerprint density at radius 3 is 2.19 bits per heavy atom. The van der Waals surface area contributed by atoms with Gasteiger partial charge in [0, 0.05) is 19.6 Å². The van der Waals surface area contributed by atoms with Crippen LogP contribution in [0.2, 0.25) is 0 Å². The Bertz CT molecular complexity index is 306. The van der Waals surface area contributed by atoms with Gasteiger partial charge in [0.05, 0.1) is 5.60 Å². The lowest BCUT2D eigenvalue weighted by Crippen LogP contribution is -2.47. The lowest BCUT2D eigenvalue weighted by molar-refractivity contribution is 0.0374. The molecule has 1 aliphatic heterocycles. The molecule has 0 aliphatic carbocycles. The molecule has 0 unspecified atom stereocenters. The third-order valence-corrected chi connectivity index (χ3v) is 4.86. The van der Waals surface area contributed by atoms with Gasteiger partial charge in [0.1, 0.15) is 0 Å². The summed E-state index contributed by atoms with van der Waals surface area (Å²) in [7, 11) is -3.39. The molecule has 16 heavy (non-hydrogen) atoms. The van der Waals surface area contributed by atoms with E-state index >= 15 is 0 Å². The molecule has 1 rings (SSSR count). The van der Waals surface area contributed by atoms with Crippen molar-refractivity contribution in [3.63, 3.8) is 0 Å². The molecule has 1 fully saturated rings. The third kappa shape index (κ3) is 3.41. The highest BCUT2D eigenvalue weighted by molar-refractivity contribution is 7.87. The maximum atomic E-state index is 11.8. The molecule has 0 radical (unpaired) electrons. The van der Waals surface area contributed by atoms with Gasteiger partial charge in [-0.05, 0) is 25.7 Å². The van der Waals surface area contributed by atoms with Gasteiger partial charge in [-0.3, -0.25) is 0 Å². The predicted octanol–water partition coefficient (Wildman–Crippen LogP) is 0.468. The molecule has 0 amide bonds. The summed E-state index contributed by atoms with van der Waals surface area (Å²) in [6.45, 7) is 4.98. The fourth-order valence-electron chi connectivity index (χ4n) is 1.75. The van der Waals surface area contributed by atoms with Crippen molar-refractivity contribution in [2.24, 2.45) is 0 Å². The van der Waals surface area contributed by atoms with Crippen molar-refractivity contribution in [1.29, 1.82) is 0 Å². The molecule has 1 aliphatic rings. The van der Waals surface area contributed by atoms with Gasteiger partial charge >= 0.3 is 0 Å². The van der Waals surface area contributed by atoms with Crippen molar-refractivity contribution in [2.75, 3.05) is 19.6 Å². The fourth-order valence-corrected chi connectivity index (χ4v) is 3.12. The lowest BCUT2D eigenvalue weighted by atomic mass is 9.98. The Labute approximate surface area is 98.0 Å². The van der Waals surface area contributed by atoms with Crippen molar-refractivity contribution in [3.8, 4) is 0 Å². The minimum Gasteiger partial charge on any atom is -0.389 e. The first-order chi connectivity index (χ1) is 7.43. The van der Waals surface area contributed by atoms with Crippen LogP contribution in [0.5, 0.6) is 0 Å². The molecular weight excluding hydrogens is 228 g/mol. The van der Waals surface area contributed by atoms with Gasteiger partial charge in [0.15, 0.2) is 0 Å². The molecule has 6 heteroatoms. The molecule has 0 aromatic rings. The Morgan fingerprint density at radius 2 is 1.75 bits per heavy atom. The molecule has 0 atom stereocenters. The van der Waals surface area contributed by atoms with Crippen LogP contribution in [0.25, 0.3) is 0 Å². The lowest BCUT2D eigenvalue weighted by Gasteiger charge is -2.26. The molecule has 2 N–H and O–H groups in total. The van der Waals surface area contributed by atoms with E-state index in [9.17, 15) is 13.5 Å². The van der Waals surface area contributed by atoms with Gasteiger partial charge in [-0.1, -0.05) is 13.8 Å². The maximum Gasteiger partial charge on any atom is 0.279 e. The zero-order valence-electron chi connectivity index (χ0n) is 10.1. The first-order valence-corrected chi connectivity index (χ1v) is 7.34. The normalized spacial score (nSPS) is 19.2. The Balaban J connectivity index is 2.53. The highest BCUT2D eigenvalue weighted by Gasteiger charge is 2.29. The summed E-state index contributed by atoms with van der Waals surface area (Å²) in [4.78, 5) is 0. The molecule has 0 spiro atoms. The van der Waals surface area contributed by atoms with Crippen molar-refractivity contribution in [3.05, 3.63) is 0 Å². The van der Waals surface area contributed by atoms with E-state index in [4.69, 9.17) is 0 Å². The third-order valence-electron chi connectivity index (χ3n) is 3.30. The van der Waals surface area contributed by atoms with Gasteiger partial charge in [-0.2, -0.15) is 17.4 Å². The van der Waals surface area contributed by atoms with E-state index in [0.717, 1.165) is 12.8 Å². The highest BCUT2D eigenvalue weighted by atomic mass is 32.2. The van der Waals surface area contributed by atoms with Crippen LogP contribution in [0.15, 0.2) is 0 Å². The van der Waals surface area contributed by atoms with Crippen molar-refractivity contribution < 1.29 is 13.5 Å². The molecule has 0 aromatic heterocycles. The second kappa shape index (κ2) is 5.44. The van der Waals surface area contributed by atoms with Gasteiger partial charge in [-0.15, -0.1) is 0 Å². The Kier molecular flexibility index (Phi) is 4.73. The van der Waals surface area contributed by atoms with Crippen LogP contribution in [0.3, 0.4) is 0 Å². The van der Waals surface area contributed by atoms with Crippen LogP contribution in [-0.2, 0) is 10.2 Å². The number of hydrogen-bond acceptors (Lipinski definition) is 3. The number of nitrogens with one attached hydrogen (secondary N) is 1. The fraction of sp³-hybridized carbons (Fsp3) is 1.00. The number of nitrogens with zero attached hydrogens (tertiary/aromatic N) is 1. The predicted molar refractivity (Wildman–Crippen MR) is 63.3 cm³/mol. The summed E-state index contributed by atoms with van der Waals surface area (Å²) >= 11 is 0. The smallest absolute Gasteiger partial charge is 0.279 e. The summed E-state index contributed by atoms with van der Waals surface area (Å²) in [6.07, 6.45) is 2.94. The van der Waals surface area contributed by atoms with Crippen LogP contribution in [0.1, 0.15) is 39.5 Å². The van der Waals surface area contributed by atoms with Gasteiger partial charge in [-0.25, -0.2) is 0 Å². The summed E-state index contributed by atoms with van der Waals surface area (Å²) < 4.78 is 27.6. The molecular formula is C10H22N2O3S. The average Bonchev–Trinajstić information content (AvgIpc) is 2.80. The van der Waals surface area contributed by atoms with E-state index in [0.29, 0.717) is 25.9 Å². The van der Waals surface area contributed by atoms with E-state index in [-0.39, 0.29) is 6.54 Å². The highest BCUT2D eigenvalue weighted by Crippen LogP contribution is 2.15. The van der Waals surface area contributed by atoms with Crippen molar-refractivity contribution >= 4 is 10.2 Å². The minimum atomic E-state index is -3.39. The number of hydrogen-bond donors (Lipinski definition) is 2. The van der Waals surface area contributed by atoms with E-state index in [1.807, 2.05) is 13.8 Å². The van der Waals surface area contributed by atoms with Crippen molar-refractivity contribution in [1.82, 2.24) is 9.03 Å². The van der Waals surface area contributed by atoms with Gasteiger partial charge < -0.3 is 5.11 Å². The van der Waals surface area contributed by atoms with Crippen LogP contribution in [-0.4, -0.2) is 43.1 Å². The first-order valence-electron chi connectivity index (χ1n) is 5.90. The SMILES string of the molecule is CCC(O)(CC)CNS(=O)(=O)N1CCCC1. The monoisotopic (exact) mass is 250 g/mol. The van der Waals surface area contributed by atoms with Crippen LogP contribution in [0, 0.1) is 0 Å². The van der Waals surface area contributed by atoms with Gasteiger partial charge in [0.25, 0.3) is 10.2 Å². The first kappa shape index (κ1) is 13.9. The molecule has 0 aromatic carbocycles. The zero-order valence-corrected chi connectivity index (χ0v) is 10.9. The summed E-state index contributed by atoms with van der Waals surface area (Å²) in [5.74, 6) is 0. The Morgan fingerprint density at radius 1 is 1.25 bits per heavy atom. The van der Waals surface area contributed by atoms with E-state index in [2.05, 4.69) is 4.72 Å². The summed E-state index contributed by atoms with van der Waals surface area (Å²) in [5, 5.41) is 9.99. The topological polar surface area (TPSA) is 69.6 Å². The van der Waals surface area contributed by atoms with E-state index < -0.39 is 15.8 Å². The second-order valence-electron chi connectivity index (χ2n) is 4.36. The summed E-state index contributed by atoms with van der Waals surface area (Å²) in [6, 6.07) is 0. The number of aliphatic hydroxyl groups is 1. The quantitative estimate of drug-likeness (QED) is 0.720. The maximum absolute atomic E-state index is 11.8. The van der Waals surface area contributed by atoms with E-state index in [1.54, 1.807) is 0 Å². The summed E-state index contributed by atoms with van der Waals surface area (Å²) in [5.41, 5.74) is -0.924. The Hall–Kier alpha value is -0.170. The van der Waals surface area contributed by atoms with Crippen molar-refractivity contribution in [2.45, 2.75) is 45.1 Å². The largest absolute Gasteiger partial charge is 0.389 e. The van der Waals surface area contributed by atoms with Crippen LogP contribution >= 0.6 is 0 Å². The van der Waals surface area contributed by atoms with Gasteiger partial charge in [0.2, 0.25) is 0 Å².